The number of anilines is 1. The molecule has 0 unspecified atom stereocenters. The first-order chi connectivity index (χ1) is 12.4. The van der Waals surface area contributed by atoms with Gasteiger partial charge in [0.25, 0.3) is 0 Å². The molecule has 0 atom stereocenters. The van der Waals surface area contributed by atoms with Gasteiger partial charge in [0.1, 0.15) is 0 Å². The van der Waals surface area contributed by atoms with Crippen molar-refractivity contribution in [3.63, 3.8) is 0 Å². The van der Waals surface area contributed by atoms with Crippen molar-refractivity contribution in [3.8, 4) is 0 Å². The summed E-state index contributed by atoms with van der Waals surface area (Å²) in [5.74, 6) is -0.0240. The van der Waals surface area contributed by atoms with Crippen LogP contribution in [0, 0.1) is 13.8 Å². The monoisotopic (exact) mass is 370 g/mol. The zero-order valence-corrected chi connectivity index (χ0v) is 16.3. The van der Waals surface area contributed by atoms with Gasteiger partial charge in [-0.1, -0.05) is 11.6 Å². The minimum atomic E-state index is -0.0240. The summed E-state index contributed by atoms with van der Waals surface area (Å²) in [4.78, 5) is 17.0. The number of hydrogen-bond acceptors (Lipinski definition) is 3. The fourth-order valence-electron chi connectivity index (χ4n) is 3.13. The van der Waals surface area contributed by atoms with Crippen LogP contribution in [0.3, 0.4) is 0 Å². The van der Waals surface area contributed by atoms with Gasteiger partial charge in [0.05, 0.1) is 6.20 Å². The number of aryl methyl sites for hydroxylation is 2. The van der Waals surface area contributed by atoms with Gasteiger partial charge in [0.15, 0.2) is 5.65 Å². The number of halogens is 1. The van der Waals surface area contributed by atoms with Gasteiger partial charge in [0.2, 0.25) is 5.91 Å². The maximum atomic E-state index is 12.3. The number of hydrogen-bond donors (Lipinski definition) is 1. The SMILES string of the molecule is Cc1nc2c(cnn2C(C)C)c(C)c1CCC(=O)Nc1ccc(Cl)cc1. The minimum absolute atomic E-state index is 0.0240. The third-order valence-electron chi connectivity index (χ3n) is 4.56. The van der Waals surface area contributed by atoms with Crippen molar-refractivity contribution in [2.75, 3.05) is 5.32 Å². The van der Waals surface area contributed by atoms with Crippen LogP contribution in [0.4, 0.5) is 5.69 Å². The van der Waals surface area contributed by atoms with E-state index in [1.165, 1.54) is 0 Å². The van der Waals surface area contributed by atoms with Crippen molar-refractivity contribution in [1.29, 1.82) is 0 Å². The Morgan fingerprint density at radius 3 is 2.58 bits per heavy atom. The summed E-state index contributed by atoms with van der Waals surface area (Å²) in [6.45, 7) is 8.26. The van der Waals surface area contributed by atoms with Gasteiger partial charge < -0.3 is 5.32 Å². The average molecular weight is 371 g/mol. The first kappa shape index (κ1) is 18.4. The van der Waals surface area contributed by atoms with Gasteiger partial charge in [-0.3, -0.25) is 4.79 Å². The molecule has 136 valence electrons. The summed E-state index contributed by atoms with van der Waals surface area (Å²) in [6.07, 6.45) is 2.91. The molecule has 0 radical (unpaired) electrons. The fraction of sp³-hybridized carbons (Fsp3) is 0.350. The molecule has 0 aliphatic carbocycles. The summed E-state index contributed by atoms with van der Waals surface area (Å²) >= 11 is 5.87. The molecule has 3 aromatic rings. The van der Waals surface area contributed by atoms with E-state index >= 15 is 0 Å². The number of fused-ring (bicyclic) bond motifs is 1. The molecule has 0 spiro atoms. The molecule has 1 N–H and O–H groups in total. The third kappa shape index (κ3) is 3.73. The molecule has 2 aromatic heterocycles. The van der Waals surface area contributed by atoms with Crippen LogP contribution in [0.1, 0.15) is 43.1 Å². The predicted octanol–water partition coefficient (Wildman–Crippen LogP) is 4.85. The second-order valence-corrected chi connectivity index (χ2v) is 7.21. The molecule has 5 nitrogen and oxygen atoms in total. The number of amides is 1. The van der Waals surface area contributed by atoms with Crippen LogP contribution in [0.5, 0.6) is 0 Å². The topological polar surface area (TPSA) is 59.8 Å². The van der Waals surface area contributed by atoms with E-state index in [4.69, 9.17) is 16.6 Å². The number of rotatable bonds is 5. The highest BCUT2D eigenvalue weighted by Gasteiger charge is 2.15. The van der Waals surface area contributed by atoms with E-state index in [9.17, 15) is 4.79 Å². The summed E-state index contributed by atoms with van der Waals surface area (Å²) in [6, 6.07) is 7.37. The van der Waals surface area contributed by atoms with Crippen LogP contribution < -0.4 is 5.32 Å². The molecule has 0 fully saturated rings. The minimum Gasteiger partial charge on any atom is -0.326 e. The zero-order chi connectivity index (χ0) is 18.8. The Labute approximate surface area is 158 Å². The molecular formula is C20H23ClN4O. The number of nitrogens with zero attached hydrogens (tertiary/aromatic N) is 3. The van der Waals surface area contributed by atoms with E-state index in [1.54, 1.807) is 24.3 Å². The van der Waals surface area contributed by atoms with Crippen LogP contribution in [0.2, 0.25) is 5.02 Å². The van der Waals surface area contributed by atoms with Gasteiger partial charge in [-0.05, 0) is 69.5 Å². The highest BCUT2D eigenvalue weighted by Crippen LogP contribution is 2.25. The number of carbonyl (C=O) groups is 1. The van der Waals surface area contributed by atoms with Crippen molar-refractivity contribution in [3.05, 3.63) is 52.3 Å². The molecule has 6 heteroatoms. The Morgan fingerprint density at radius 2 is 1.92 bits per heavy atom. The van der Waals surface area contributed by atoms with Gasteiger partial charge in [-0.15, -0.1) is 0 Å². The Morgan fingerprint density at radius 1 is 1.23 bits per heavy atom. The molecule has 1 aromatic carbocycles. The molecule has 0 bridgehead atoms. The van der Waals surface area contributed by atoms with Crippen LogP contribution in [-0.2, 0) is 11.2 Å². The summed E-state index contributed by atoms with van der Waals surface area (Å²) in [7, 11) is 0. The quantitative estimate of drug-likeness (QED) is 0.698. The molecule has 2 heterocycles. The number of carbonyl (C=O) groups excluding carboxylic acids is 1. The normalized spacial score (nSPS) is 11.3. The summed E-state index contributed by atoms with van der Waals surface area (Å²) in [5.41, 5.74) is 4.88. The molecule has 0 saturated carbocycles. The Balaban J connectivity index is 1.76. The lowest BCUT2D eigenvalue weighted by Gasteiger charge is -2.12. The van der Waals surface area contributed by atoms with Crippen LogP contribution in [0.15, 0.2) is 30.5 Å². The highest BCUT2D eigenvalue weighted by atomic mass is 35.5. The maximum absolute atomic E-state index is 12.3. The second kappa shape index (κ2) is 7.46. The highest BCUT2D eigenvalue weighted by molar-refractivity contribution is 6.30. The lowest BCUT2D eigenvalue weighted by molar-refractivity contribution is -0.116. The number of aromatic nitrogens is 3. The zero-order valence-electron chi connectivity index (χ0n) is 15.5. The average Bonchev–Trinajstić information content (AvgIpc) is 3.01. The first-order valence-corrected chi connectivity index (χ1v) is 9.13. The van der Waals surface area contributed by atoms with Crippen LogP contribution in [0.25, 0.3) is 11.0 Å². The molecule has 0 aliphatic heterocycles. The largest absolute Gasteiger partial charge is 0.326 e. The first-order valence-electron chi connectivity index (χ1n) is 8.75. The van der Waals surface area contributed by atoms with E-state index in [0.29, 0.717) is 17.9 Å². The molecule has 0 aliphatic rings. The standard InChI is InChI=1S/C20H23ClN4O/c1-12(2)25-20-18(11-22-25)13(3)17(14(4)23-20)9-10-19(26)24-16-7-5-15(21)6-8-16/h5-8,11-12H,9-10H2,1-4H3,(H,24,26). The Kier molecular flexibility index (Phi) is 5.28. The van der Waals surface area contributed by atoms with E-state index < -0.39 is 0 Å². The predicted molar refractivity (Wildman–Crippen MR) is 106 cm³/mol. The van der Waals surface area contributed by atoms with Gasteiger partial charge >= 0.3 is 0 Å². The summed E-state index contributed by atoms with van der Waals surface area (Å²) in [5, 5.41) is 9.06. The summed E-state index contributed by atoms with van der Waals surface area (Å²) < 4.78 is 1.94. The third-order valence-corrected chi connectivity index (χ3v) is 4.81. The number of pyridine rings is 1. The maximum Gasteiger partial charge on any atom is 0.224 e. The Hall–Kier alpha value is -2.40. The van der Waals surface area contributed by atoms with E-state index in [0.717, 1.165) is 33.5 Å². The van der Waals surface area contributed by atoms with E-state index in [1.807, 2.05) is 17.8 Å². The molecule has 3 rings (SSSR count). The van der Waals surface area contributed by atoms with Crippen LogP contribution in [-0.4, -0.2) is 20.7 Å². The van der Waals surface area contributed by atoms with Crippen molar-refractivity contribution in [1.82, 2.24) is 14.8 Å². The second-order valence-electron chi connectivity index (χ2n) is 6.78. The van der Waals surface area contributed by atoms with Crippen molar-refractivity contribution < 1.29 is 4.79 Å². The number of nitrogens with one attached hydrogen (secondary N) is 1. The lowest BCUT2D eigenvalue weighted by atomic mass is 10.0. The van der Waals surface area contributed by atoms with E-state index in [-0.39, 0.29) is 11.9 Å². The van der Waals surface area contributed by atoms with Gasteiger partial charge in [0, 0.05) is 34.3 Å². The smallest absolute Gasteiger partial charge is 0.224 e. The van der Waals surface area contributed by atoms with Gasteiger partial charge in [-0.25, -0.2) is 9.67 Å². The fourth-order valence-corrected chi connectivity index (χ4v) is 3.26. The van der Waals surface area contributed by atoms with Crippen molar-refractivity contribution in [2.24, 2.45) is 0 Å². The molecular weight excluding hydrogens is 348 g/mol. The Bertz CT molecular complexity index is 945. The molecule has 0 saturated heterocycles. The van der Waals surface area contributed by atoms with Gasteiger partial charge in [-0.2, -0.15) is 5.10 Å². The molecule has 1 amide bonds. The van der Waals surface area contributed by atoms with Crippen molar-refractivity contribution in [2.45, 2.75) is 46.6 Å². The van der Waals surface area contributed by atoms with Crippen LogP contribution >= 0.6 is 11.6 Å². The van der Waals surface area contributed by atoms with E-state index in [2.05, 4.69) is 31.2 Å². The van der Waals surface area contributed by atoms with Crippen molar-refractivity contribution >= 4 is 34.2 Å². The molecule has 26 heavy (non-hydrogen) atoms. The lowest BCUT2D eigenvalue weighted by Crippen LogP contribution is -2.13. The number of benzene rings is 1.